The first-order valence-electron chi connectivity index (χ1n) is 5.96. The van der Waals surface area contributed by atoms with Crippen LogP contribution in [0.4, 0.5) is 5.69 Å². The topological polar surface area (TPSA) is 46.3 Å². The molecule has 0 heterocycles. The summed E-state index contributed by atoms with van der Waals surface area (Å²) in [6, 6.07) is 5.38. The van der Waals surface area contributed by atoms with Crippen LogP contribution in [0, 0.1) is 5.92 Å². The van der Waals surface area contributed by atoms with Crippen LogP contribution in [-0.4, -0.2) is 23.9 Å². The van der Waals surface area contributed by atoms with Crippen LogP contribution in [0.5, 0.6) is 0 Å². The molecule has 0 atom stereocenters. The molecular weight excluding hydrogens is 280 g/mol. The van der Waals surface area contributed by atoms with Gasteiger partial charge in [0.15, 0.2) is 0 Å². The number of halogens is 1. The van der Waals surface area contributed by atoms with E-state index in [2.05, 4.69) is 15.9 Å². The molecule has 1 saturated carbocycles. The second-order valence-corrected chi connectivity index (χ2v) is 5.38. The third-order valence-electron chi connectivity index (χ3n) is 3.09. The number of hydrogen-bond donors (Lipinski definition) is 1. The van der Waals surface area contributed by atoms with Crippen LogP contribution in [0.25, 0.3) is 0 Å². The predicted molar refractivity (Wildman–Crippen MR) is 72.9 cm³/mol. The third-order valence-corrected chi connectivity index (χ3v) is 3.81. The van der Waals surface area contributed by atoms with E-state index in [-0.39, 0.29) is 5.91 Å². The molecule has 92 valence electrons. The van der Waals surface area contributed by atoms with Crippen LogP contribution >= 0.6 is 15.9 Å². The van der Waals surface area contributed by atoms with Crippen LogP contribution in [-0.2, 0) is 0 Å². The minimum absolute atomic E-state index is 0.0820. The summed E-state index contributed by atoms with van der Waals surface area (Å²) in [4.78, 5) is 14.2. The molecule has 2 rings (SSSR count). The van der Waals surface area contributed by atoms with Crippen molar-refractivity contribution in [2.75, 3.05) is 18.8 Å². The molecule has 0 saturated heterocycles. The van der Waals surface area contributed by atoms with Crippen molar-refractivity contribution in [1.29, 1.82) is 0 Å². The van der Waals surface area contributed by atoms with Crippen LogP contribution in [0.15, 0.2) is 22.7 Å². The van der Waals surface area contributed by atoms with Crippen molar-refractivity contribution in [3.8, 4) is 0 Å². The maximum Gasteiger partial charge on any atom is 0.253 e. The smallest absolute Gasteiger partial charge is 0.253 e. The Morgan fingerprint density at radius 1 is 1.53 bits per heavy atom. The van der Waals surface area contributed by atoms with Gasteiger partial charge in [0.1, 0.15) is 0 Å². The lowest BCUT2D eigenvalue weighted by molar-refractivity contribution is 0.0757. The highest BCUT2D eigenvalue weighted by Crippen LogP contribution is 2.30. The Labute approximate surface area is 110 Å². The summed E-state index contributed by atoms with van der Waals surface area (Å²) in [5.41, 5.74) is 7.08. The maximum atomic E-state index is 12.3. The van der Waals surface area contributed by atoms with Gasteiger partial charge in [0, 0.05) is 28.8 Å². The highest BCUT2D eigenvalue weighted by molar-refractivity contribution is 9.10. The van der Waals surface area contributed by atoms with Gasteiger partial charge in [0.05, 0.1) is 0 Å². The van der Waals surface area contributed by atoms with Gasteiger partial charge >= 0.3 is 0 Å². The van der Waals surface area contributed by atoms with Crippen LogP contribution in [0.3, 0.4) is 0 Å². The third kappa shape index (κ3) is 3.00. The Balaban J connectivity index is 2.12. The van der Waals surface area contributed by atoms with Gasteiger partial charge in [-0.3, -0.25) is 4.79 Å². The van der Waals surface area contributed by atoms with E-state index in [1.165, 1.54) is 12.8 Å². The molecule has 17 heavy (non-hydrogen) atoms. The van der Waals surface area contributed by atoms with Gasteiger partial charge in [-0.1, -0.05) is 0 Å². The van der Waals surface area contributed by atoms with Crippen LogP contribution in [0.2, 0.25) is 0 Å². The van der Waals surface area contributed by atoms with Crippen molar-refractivity contribution in [2.24, 2.45) is 5.92 Å². The Morgan fingerprint density at radius 2 is 2.24 bits per heavy atom. The lowest BCUT2D eigenvalue weighted by Gasteiger charge is -2.21. The van der Waals surface area contributed by atoms with E-state index >= 15 is 0 Å². The van der Waals surface area contributed by atoms with E-state index in [9.17, 15) is 4.79 Å². The van der Waals surface area contributed by atoms with Crippen LogP contribution in [0.1, 0.15) is 30.1 Å². The Bertz CT molecular complexity index is 429. The van der Waals surface area contributed by atoms with E-state index in [1.54, 1.807) is 6.07 Å². The number of amides is 1. The number of carbonyl (C=O) groups is 1. The normalized spacial score (nSPS) is 14.7. The van der Waals surface area contributed by atoms with Crippen molar-refractivity contribution in [3.05, 3.63) is 28.2 Å². The molecule has 0 bridgehead atoms. The summed E-state index contributed by atoms with van der Waals surface area (Å²) < 4.78 is 0.833. The number of rotatable bonds is 4. The summed E-state index contributed by atoms with van der Waals surface area (Å²) in [5.74, 6) is 0.797. The fourth-order valence-electron chi connectivity index (χ4n) is 1.83. The molecule has 4 heteroatoms. The highest BCUT2D eigenvalue weighted by Gasteiger charge is 2.26. The fraction of sp³-hybridized carbons (Fsp3) is 0.462. The van der Waals surface area contributed by atoms with Crippen molar-refractivity contribution in [1.82, 2.24) is 4.90 Å². The summed E-state index contributed by atoms with van der Waals surface area (Å²) in [7, 11) is 0. The molecule has 1 aliphatic rings. The quantitative estimate of drug-likeness (QED) is 0.869. The van der Waals surface area contributed by atoms with Crippen molar-refractivity contribution >= 4 is 27.5 Å². The zero-order chi connectivity index (χ0) is 12.4. The fourth-order valence-corrected chi connectivity index (χ4v) is 2.07. The van der Waals surface area contributed by atoms with Gasteiger partial charge in [-0.15, -0.1) is 0 Å². The van der Waals surface area contributed by atoms with Gasteiger partial charge < -0.3 is 10.6 Å². The number of nitrogens with zero attached hydrogens (tertiary/aromatic N) is 1. The highest BCUT2D eigenvalue weighted by atomic mass is 79.9. The SMILES string of the molecule is CCN(CC1CC1)C(=O)c1ccc(Br)c(N)c1. The minimum Gasteiger partial charge on any atom is -0.398 e. The summed E-state index contributed by atoms with van der Waals surface area (Å²) in [5, 5.41) is 0. The first-order chi connectivity index (χ1) is 8.11. The molecule has 0 radical (unpaired) electrons. The number of nitrogen functional groups attached to an aromatic ring is 1. The number of carbonyl (C=O) groups excluding carboxylic acids is 1. The van der Waals surface area contributed by atoms with Crippen LogP contribution < -0.4 is 5.73 Å². The molecule has 0 aliphatic heterocycles. The summed E-state index contributed by atoms with van der Waals surface area (Å²) >= 11 is 3.33. The lowest BCUT2D eigenvalue weighted by atomic mass is 10.1. The first-order valence-corrected chi connectivity index (χ1v) is 6.75. The first kappa shape index (κ1) is 12.4. The van der Waals surface area contributed by atoms with Gasteiger partial charge in [0.2, 0.25) is 0 Å². The maximum absolute atomic E-state index is 12.3. The second-order valence-electron chi connectivity index (χ2n) is 4.52. The largest absolute Gasteiger partial charge is 0.398 e. The monoisotopic (exact) mass is 296 g/mol. The molecule has 1 fully saturated rings. The van der Waals surface area contributed by atoms with Crippen molar-refractivity contribution in [3.63, 3.8) is 0 Å². The van der Waals surface area contributed by atoms with Gasteiger partial charge in [0.25, 0.3) is 5.91 Å². The molecule has 0 spiro atoms. The summed E-state index contributed by atoms with van der Waals surface area (Å²) in [6.45, 7) is 3.65. The minimum atomic E-state index is 0.0820. The molecule has 1 amide bonds. The van der Waals surface area contributed by atoms with Gasteiger partial charge in [-0.05, 0) is 59.8 Å². The number of nitrogens with two attached hydrogens (primary N) is 1. The van der Waals surface area contributed by atoms with Gasteiger partial charge in [-0.2, -0.15) is 0 Å². The van der Waals surface area contributed by atoms with Gasteiger partial charge in [-0.25, -0.2) is 0 Å². The Morgan fingerprint density at radius 3 is 2.76 bits per heavy atom. The second kappa shape index (κ2) is 5.08. The number of anilines is 1. The van der Waals surface area contributed by atoms with Crippen molar-refractivity contribution in [2.45, 2.75) is 19.8 Å². The lowest BCUT2D eigenvalue weighted by Crippen LogP contribution is -2.32. The molecular formula is C13H17BrN2O. The zero-order valence-electron chi connectivity index (χ0n) is 9.95. The Kier molecular flexibility index (Phi) is 3.72. The van der Waals surface area contributed by atoms with Crippen molar-refractivity contribution < 1.29 is 4.79 Å². The molecule has 3 nitrogen and oxygen atoms in total. The molecule has 0 unspecified atom stereocenters. The molecule has 0 aromatic heterocycles. The molecule has 1 aromatic carbocycles. The molecule has 1 aromatic rings. The Hall–Kier alpha value is -1.03. The van der Waals surface area contributed by atoms with E-state index in [1.807, 2.05) is 24.0 Å². The van der Waals surface area contributed by atoms with E-state index in [0.29, 0.717) is 17.2 Å². The standard InChI is InChI=1S/C13H17BrN2O/c1-2-16(8-9-3-4-9)13(17)10-5-6-11(14)12(15)7-10/h5-7,9H,2-4,8,15H2,1H3. The number of hydrogen-bond acceptors (Lipinski definition) is 2. The zero-order valence-corrected chi connectivity index (χ0v) is 11.5. The molecule has 2 N–H and O–H groups in total. The average molecular weight is 297 g/mol. The predicted octanol–water partition coefficient (Wildman–Crippen LogP) is 2.90. The average Bonchev–Trinajstić information content (AvgIpc) is 3.12. The van der Waals surface area contributed by atoms with E-state index in [0.717, 1.165) is 17.6 Å². The van der Waals surface area contributed by atoms with E-state index in [4.69, 9.17) is 5.73 Å². The molecule has 1 aliphatic carbocycles. The number of benzene rings is 1. The van der Waals surface area contributed by atoms with E-state index < -0.39 is 0 Å². The summed E-state index contributed by atoms with van der Waals surface area (Å²) in [6.07, 6.45) is 2.51.